The number of nitrogens with one attached hydrogen (secondary N) is 1. The summed E-state index contributed by atoms with van der Waals surface area (Å²) >= 11 is 13.3. The summed E-state index contributed by atoms with van der Waals surface area (Å²) in [6.45, 7) is -0.110. The van der Waals surface area contributed by atoms with E-state index in [1.165, 1.54) is 29.5 Å². The monoisotopic (exact) mass is 423 g/mol. The smallest absolute Gasteiger partial charge is 0.289 e. The summed E-state index contributed by atoms with van der Waals surface area (Å²) in [7, 11) is 1.53. The van der Waals surface area contributed by atoms with Gasteiger partial charge in [-0.1, -0.05) is 29.3 Å². The van der Waals surface area contributed by atoms with Gasteiger partial charge in [0.2, 0.25) is 5.91 Å². The molecule has 0 fully saturated rings. The van der Waals surface area contributed by atoms with Crippen molar-refractivity contribution in [3.63, 3.8) is 0 Å². The quantitative estimate of drug-likeness (QED) is 0.639. The van der Waals surface area contributed by atoms with Crippen molar-refractivity contribution in [2.75, 3.05) is 18.9 Å². The van der Waals surface area contributed by atoms with Gasteiger partial charge in [0, 0.05) is 24.5 Å². The molecule has 6 nitrogen and oxygen atoms in total. The van der Waals surface area contributed by atoms with Gasteiger partial charge in [0.25, 0.3) is 5.91 Å². The second-order valence-corrected chi connectivity index (χ2v) is 7.67. The van der Waals surface area contributed by atoms with Crippen molar-refractivity contribution in [2.24, 2.45) is 0 Å². The largest absolute Gasteiger partial charge is 0.459 e. The second kappa shape index (κ2) is 8.56. The molecular formula is C18H15Cl2N3O3S. The molecule has 9 heteroatoms. The van der Waals surface area contributed by atoms with Gasteiger partial charge in [0.1, 0.15) is 6.54 Å². The molecule has 0 aliphatic rings. The number of carbonyl (C=O) groups excluding carboxylic acids is 2. The van der Waals surface area contributed by atoms with Crippen LogP contribution in [-0.2, 0) is 11.2 Å². The normalized spacial score (nSPS) is 10.6. The van der Waals surface area contributed by atoms with E-state index in [-0.39, 0.29) is 24.1 Å². The van der Waals surface area contributed by atoms with E-state index in [4.69, 9.17) is 27.6 Å². The third-order valence-corrected chi connectivity index (χ3v) is 5.27. The minimum absolute atomic E-state index is 0.110. The number of amides is 2. The number of nitrogens with zero attached hydrogens (tertiary/aromatic N) is 2. The molecule has 1 N–H and O–H groups in total. The molecule has 1 aromatic carbocycles. The molecule has 0 spiro atoms. The fourth-order valence-corrected chi connectivity index (χ4v) is 3.52. The van der Waals surface area contributed by atoms with E-state index < -0.39 is 0 Å². The predicted molar refractivity (Wildman–Crippen MR) is 106 cm³/mol. The van der Waals surface area contributed by atoms with Gasteiger partial charge in [-0.3, -0.25) is 9.59 Å². The maximum atomic E-state index is 12.1. The lowest BCUT2D eigenvalue weighted by molar-refractivity contribution is -0.116. The lowest BCUT2D eigenvalue weighted by Crippen LogP contribution is -2.34. The van der Waals surface area contributed by atoms with Gasteiger partial charge in [-0.15, -0.1) is 11.3 Å². The first-order chi connectivity index (χ1) is 12.9. The van der Waals surface area contributed by atoms with Crippen LogP contribution < -0.4 is 5.32 Å². The zero-order chi connectivity index (χ0) is 19.4. The molecule has 140 valence electrons. The summed E-state index contributed by atoms with van der Waals surface area (Å²) in [5.74, 6) is -0.522. The zero-order valence-corrected chi connectivity index (χ0v) is 16.6. The van der Waals surface area contributed by atoms with Crippen LogP contribution >= 0.6 is 34.5 Å². The summed E-state index contributed by atoms with van der Waals surface area (Å²) < 4.78 is 5.04. The first-order valence-electron chi connectivity index (χ1n) is 7.90. The Kier molecular flexibility index (Phi) is 6.15. The predicted octanol–water partition coefficient (Wildman–Crippen LogP) is 4.34. The summed E-state index contributed by atoms with van der Waals surface area (Å²) in [6, 6.07) is 8.60. The first kappa shape index (κ1) is 19.4. The Morgan fingerprint density at radius 1 is 1.26 bits per heavy atom. The number of hydrogen-bond acceptors (Lipinski definition) is 5. The summed E-state index contributed by atoms with van der Waals surface area (Å²) in [5, 5.41) is 4.17. The number of hydrogen-bond donors (Lipinski definition) is 1. The second-order valence-electron chi connectivity index (χ2n) is 5.74. The molecule has 3 rings (SSSR count). The molecule has 2 heterocycles. The topological polar surface area (TPSA) is 75.4 Å². The van der Waals surface area contributed by atoms with E-state index in [1.54, 1.807) is 30.5 Å². The van der Waals surface area contributed by atoms with Crippen LogP contribution in [0.3, 0.4) is 0 Å². The summed E-state index contributed by atoms with van der Waals surface area (Å²) in [6.07, 6.45) is 3.73. The molecule has 2 aromatic heterocycles. The average Bonchev–Trinajstić information content (AvgIpc) is 3.29. The minimum Gasteiger partial charge on any atom is -0.459 e. The van der Waals surface area contributed by atoms with Crippen LogP contribution in [0, 0.1) is 0 Å². The van der Waals surface area contributed by atoms with Crippen LogP contribution in [0.1, 0.15) is 21.0 Å². The Morgan fingerprint density at radius 3 is 2.78 bits per heavy atom. The van der Waals surface area contributed by atoms with Crippen molar-refractivity contribution in [2.45, 2.75) is 6.42 Å². The van der Waals surface area contributed by atoms with E-state index >= 15 is 0 Å². The molecule has 0 atom stereocenters. The fourth-order valence-electron chi connectivity index (χ4n) is 2.33. The van der Waals surface area contributed by atoms with Crippen LogP contribution in [0.5, 0.6) is 0 Å². The number of carbonyl (C=O) groups is 2. The van der Waals surface area contributed by atoms with E-state index in [0.29, 0.717) is 21.6 Å². The Labute approximate surface area is 169 Å². The minimum atomic E-state index is -0.366. The van der Waals surface area contributed by atoms with E-state index in [2.05, 4.69) is 10.3 Å². The van der Waals surface area contributed by atoms with Crippen molar-refractivity contribution < 1.29 is 14.0 Å². The van der Waals surface area contributed by atoms with Crippen LogP contribution in [0.15, 0.2) is 47.2 Å². The number of benzene rings is 1. The fraction of sp³-hybridized carbons (Fsp3) is 0.167. The molecule has 2 amide bonds. The Bertz CT molecular complexity index is 957. The molecule has 0 unspecified atom stereocenters. The zero-order valence-electron chi connectivity index (χ0n) is 14.2. The number of anilines is 1. The van der Waals surface area contributed by atoms with Crippen LogP contribution in [0.4, 0.5) is 5.13 Å². The Balaban J connectivity index is 1.56. The standard InChI is InChI=1S/C18H15Cl2N3O3S/c1-23(17(25)15-3-2-6-26-15)10-16(24)22-18-21-9-12(27-18)7-11-4-5-13(19)14(20)8-11/h2-6,8-9H,7,10H2,1H3,(H,21,22,24). The van der Waals surface area contributed by atoms with Crippen molar-refractivity contribution in [1.29, 1.82) is 0 Å². The van der Waals surface area contributed by atoms with Crippen LogP contribution in [0.2, 0.25) is 10.0 Å². The molecule has 3 aromatic rings. The SMILES string of the molecule is CN(CC(=O)Nc1ncc(Cc2ccc(Cl)c(Cl)c2)s1)C(=O)c1ccco1. The van der Waals surface area contributed by atoms with Gasteiger partial charge >= 0.3 is 0 Å². The van der Waals surface area contributed by atoms with E-state index in [9.17, 15) is 9.59 Å². The highest BCUT2D eigenvalue weighted by Crippen LogP contribution is 2.26. The van der Waals surface area contributed by atoms with Crippen LogP contribution in [0.25, 0.3) is 0 Å². The molecule has 0 aliphatic carbocycles. The van der Waals surface area contributed by atoms with Gasteiger partial charge in [-0.2, -0.15) is 0 Å². The van der Waals surface area contributed by atoms with Gasteiger partial charge in [-0.25, -0.2) is 4.98 Å². The maximum absolute atomic E-state index is 12.1. The molecule has 27 heavy (non-hydrogen) atoms. The lowest BCUT2D eigenvalue weighted by Gasteiger charge is -2.14. The third-order valence-electron chi connectivity index (χ3n) is 3.62. The third kappa shape index (κ3) is 5.09. The average molecular weight is 424 g/mol. The number of likely N-dealkylation sites (N-methyl/N-ethyl adjacent to an activating group) is 1. The first-order valence-corrected chi connectivity index (χ1v) is 9.47. The number of thiazole rings is 1. The molecule has 0 saturated heterocycles. The van der Waals surface area contributed by atoms with Crippen molar-refractivity contribution in [3.8, 4) is 0 Å². The number of rotatable bonds is 6. The molecular weight excluding hydrogens is 409 g/mol. The highest BCUT2D eigenvalue weighted by molar-refractivity contribution is 7.15. The van der Waals surface area contributed by atoms with Crippen LogP contribution in [-0.4, -0.2) is 35.3 Å². The molecule has 0 bridgehead atoms. The Hall–Kier alpha value is -2.35. The van der Waals surface area contributed by atoms with Gasteiger partial charge in [0.15, 0.2) is 10.9 Å². The lowest BCUT2D eigenvalue weighted by atomic mass is 10.1. The van der Waals surface area contributed by atoms with Gasteiger partial charge in [-0.05, 0) is 29.8 Å². The Morgan fingerprint density at radius 2 is 2.07 bits per heavy atom. The summed E-state index contributed by atoms with van der Waals surface area (Å²) in [5.41, 5.74) is 0.995. The van der Waals surface area contributed by atoms with Crippen molar-refractivity contribution in [1.82, 2.24) is 9.88 Å². The van der Waals surface area contributed by atoms with E-state index in [0.717, 1.165) is 10.4 Å². The summed E-state index contributed by atoms with van der Waals surface area (Å²) in [4.78, 5) is 30.7. The van der Waals surface area contributed by atoms with E-state index in [1.807, 2.05) is 6.07 Å². The highest BCUT2D eigenvalue weighted by atomic mass is 35.5. The number of furan rings is 1. The maximum Gasteiger partial charge on any atom is 0.289 e. The number of halogens is 2. The molecule has 0 radical (unpaired) electrons. The van der Waals surface area contributed by atoms with Crippen molar-refractivity contribution in [3.05, 3.63) is 69.0 Å². The molecule has 0 aliphatic heterocycles. The van der Waals surface area contributed by atoms with Gasteiger partial charge < -0.3 is 14.6 Å². The van der Waals surface area contributed by atoms with Gasteiger partial charge in [0.05, 0.1) is 16.3 Å². The highest BCUT2D eigenvalue weighted by Gasteiger charge is 2.17. The number of aromatic nitrogens is 1. The van der Waals surface area contributed by atoms with Crippen molar-refractivity contribution >= 4 is 51.5 Å². The molecule has 0 saturated carbocycles.